The Morgan fingerprint density at radius 1 is 1.25 bits per heavy atom. The highest BCUT2D eigenvalue weighted by Crippen LogP contribution is 2.43. The quantitative estimate of drug-likeness (QED) is 0.797. The lowest BCUT2D eigenvalue weighted by Gasteiger charge is -2.56. The number of hydrogen-bond acceptors (Lipinski definition) is 3. The number of fused-ring (bicyclic) bond motifs is 4. The van der Waals surface area contributed by atoms with E-state index >= 15 is 0 Å². The van der Waals surface area contributed by atoms with Crippen molar-refractivity contribution in [3.63, 3.8) is 0 Å². The van der Waals surface area contributed by atoms with E-state index in [1.165, 1.54) is 0 Å². The number of nitrogens with zero attached hydrogens (tertiary/aromatic N) is 3. The number of pyridine rings is 1. The van der Waals surface area contributed by atoms with Crippen molar-refractivity contribution in [2.24, 2.45) is 17.8 Å². The third-order valence-corrected chi connectivity index (χ3v) is 6.93. The minimum absolute atomic E-state index is 0.0524. The van der Waals surface area contributed by atoms with Crippen LogP contribution in [0.1, 0.15) is 68.6 Å². The second-order valence-corrected chi connectivity index (χ2v) is 9.43. The number of rotatable bonds is 4. The zero-order valence-corrected chi connectivity index (χ0v) is 17.4. The molecule has 3 fully saturated rings. The number of likely N-dealkylation sites (tertiary alicyclic amines) is 1. The molecule has 3 saturated heterocycles. The van der Waals surface area contributed by atoms with Crippen molar-refractivity contribution in [3.8, 4) is 0 Å². The molecule has 0 aromatic carbocycles. The van der Waals surface area contributed by atoms with Gasteiger partial charge in [-0.05, 0) is 68.9 Å². The van der Waals surface area contributed by atoms with E-state index in [9.17, 15) is 9.59 Å². The van der Waals surface area contributed by atoms with E-state index < -0.39 is 0 Å². The van der Waals surface area contributed by atoms with Crippen LogP contribution in [0.2, 0.25) is 0 Å². The molecule has 4 rings (SSSR count). The monoisotopic (exact) mass is 383 g/mol. The summed E-state index contributed by atoms with van der Waals surface area (Å²) in [6.45, 7) is 7.94. The van der Waals surface area contributed by atoms with E-state index in [4.69, 9.17) is 0 Å². The van der Waals surface area contributed by atoms with E-state index in [1.807, 2.05) is 30.0 Å². The lowest BCUT2D eigenvalue weighted by atomic mass is 9.70. The van der Waals surface area contributed by atoms with Gasteiger partial charge < -0.3 is 9.80 Å². The SMILES string of the molecule is Cc1cccc(C(=O)N2C[C@H]3C[C@@H](C2)[C@H](CCC(C)C)N2C(=O)CCC[C@@H]32)n1. The Balaban J connectivity index is 1.58. The molecular formula is C23H33N3O2. The zero-order valence-electron chi connectivity index (χ0n) is 17.4. The first-order valence-electron chi connectivity index (χ1n) is 11.0. The van der Waals surface area contributed by atoms with Crippen LogP contribution in [0.3, 0.4) is 0 Å². The normalized spacial score (nSPS) is 29.8. The van der Waals surface area contributed by atoms with Crippen molar-refractivity contribution < 1.29 is 9.59 Å². The van der Waals surface area contributed by atoms with Gasteiger partial charge in [-0.15, -0.1) is 0 Å². The first-order chi connectivity index (χ1) is 13.4. The maximum absolute atomic E-state index is 13.2. The van der Waals surface area contributed by atoms with Crippen LogP contribution in [-0.4, -0.2) is 51.8 Å². The van der Waals surface area contributed by atoms with Crippen LogP contribution in [0.4, 0.5) is 0 Å². The number of hydrogen-bond donors (Lipinski definition) is 0. The van der Waals surface area contributed by atoms with Crippen molar-refractivity contribution in [2.45, 2.75) is 71.4 Å². The predicted molar refractivity (Wildman–Crippen MR) is 109 cm³/mol. The van der Waals surface area contributed by atoms with Crippen LogP contribution < -0.4 is 0 Å². The van der Waals surface area contributed by atoms with Crippen molar-refractivity contribution in [3.05, 3.63) is 29.6 Å². The first kappa shape index (κ1) is 19.4. The standard InChI is InChI=1S/C23H33N3O2/c1-15(2)10-11-21-18-12-17(20-8-5-9-22(27)26(20)21)13-25(14-18)23(28)19-7-4-6-16(3)24-19/h4,6-7,15,17-18,20-21H,5,8-14H2,1-3H3/t17-,18+,20+,21+/m1/s1. The van der Waals surface area contributed by atoms with Gasteiger partial charge in [0.15, 0.2) is 0 Å². The van der Waals surface area contributed by atoms with E-state index in [0.717, 1.165) is 50.9 Å². The molecule has 0 spiro atoms. The number of piperidine rings is 3. The van der Waals surface area contributed by atoms with Gasteiger partial charge in [0, 0.05) is 37.3 Å². The average Bonchev–Trinajstić information content (AvgIpc) is 2.67. The summed E-state index contributed by atoms with van der Waals surface area (Å²) in [4.78, 5) is 34.7. The molecule has 3 aliphatic heterocycles. The van der Waals surface area contributed by atoms with Gasteiger partial charge in [-0.3, -0.25) is 9.59 Å². The van der Waals surface area contributed by atoms with Crippen LogP contribution in [0, 0.1) is 24.7 Å². The van der Waals surface area contributed by atoms with Gasteiger partial charge in [-0.2, -0.15) is 0 Å². The van der Waals surface area contributed by atoms with E-state index in [2.05, 4.69) is 23.7 Å². The summed E-state index contributed by atoms with van der Waals surface area (Å²) >= 11 is 0. The smallest absolute Gasteiger partial charge is 0.272 e. The molecule has 152 valence electrons. The summed E-state index contributed by atoms with van der Waals surface area (Å²) < 4.78 is 0. The summed E-state index contributed by atoms with van der Waals surface area (Å²) in [6.07, 6.45) is 6.13. The highest BCUT2D eigenvalue weighted by Gasteiger charge is 2.49. The maximum Gasteiger partial charge on any atom is 0.272 e. The Labute approximate surface area is 168 Å². The fraction of sp³-hybridized carbons (Fsp3) is 0.696. The predicted octanol–water partition coefficient (Wildman–Crippen LogP) is 3.67. The highest BCUT2D eigenvalue weighted by molar-refractivity contribution is 5.92. The molecule has 0 aliphatic carbocycles. The van der Waals surface area contributed by atoms with E-state index in [1.54, 1.807) is 0 Å². The fourth-order valence-electron chi connectivity index (χ4n) is 5.64. The Bertz CT molecular complexity index is 747. The second kappa shape index (κ2) is 7.84. The lowest BCUT2D eigenvalue weighted by Crippen LogP contribution is -2.65. The van der Waals surface area contributed by atoms with Gasteiger partial charge in [0.1, 0.15) is 5.69 Å². The van der Waals surface area contributed by atoms with Gasteiger partial charge in [-0.25, -0.2) is 4.98 Å². The Morgan fingerprint density at radius 3 is 2.79 bits per heavy atom. The minimum Gasteiger partial charge on any atom is -0.337 e. The van der Waals surface area contributed by atoms with Crippen LogP contribution in [0.25, 0.3) is 0 Å². The first-order valence-corrected chi connectivity index (χ1v) is 11.0. The summed E-state index contributed by atoms with van der Waals surface area (Å²) in [6, 6.07) is 6.27. The van der Waals surface area contributed by atoms with Gasteiger partial charge in [0.2, 0.25) is 5.91 Å². The molecule has 1 aromatic heterocycles. The van der Waals surface area contributed by atoms with Crippen molar-refractivity contribution in [1.82, 2.24) is 14.8 Å². The third kappa shape index (κ3) is 3.68. The summed E-state index contributed by atoms with van der Waals surface area (Å²) in [5.41, 5.74) is 1.43. The van der Waals surface area contributed by atoms with Gasteiger partial charge >= 0.3 is 0 Å². The molecule has 5 nitrogen and oxygen atoms in total. The van der Waals surface area contributed by atoms with Crippen LogP contribution >= 0.6 is 0 Å². The zero-order chi connectivity index (χ0) is 19.8. The molecule has 0 radical (unpaired) electrons. The molecule has 1 aromatic rings. The van der Waals surface area contributed by atoms with E-state index in [-0.39, 0.29) is 11.9 Å². The maximum atomic E-state index is 13.2. The molecule has 0 N–H and O–H groups in total. The number of aryl methyl sites for hydroxylation is 1. The van der Waals surface area contributed by atoms with Gasteiger partial charge in [-0.1, -0.05) is 19.9 Å². The topological polar surface area (TPSA) is 53.5 Å². The number of aromatic nitrogens is 1. The third-order valence-electron chi connectivity index (χ3n) is 6.93. The number of carbonyl (C=O) groups excluding carboxylic acids is 2. The van der Waals surface area contributed by atoms with Gasteiger partial charge in [0.05, 0.1) is 0 Å². The summed E-state index contributed by atoms with van der Waals surface area (Å²) in [5.74, 6) is 1.84. The molecule has 0 saturated carbocycles. The van der Waals surface area contributed by atoms with Crippen molar-refractivity contribution in [1.29, 1.82) is 0 Å². The number of amides is 2. The Kier molecular flexibility index (Phi) is 5.44. The lowest BCUT2D eigenvalue weighted by molar-refractivity contribution is -0.152. The van der Waals surface area contributed by atoms with Crippen LogP contribution in [0.15, 0.2) is 18.2 Å². The molecular weight excluding hydrogens is 350 g/mol. The van der Waals surface area contributed by atoms with E-state index in [0.29, 0.717) is 41.8 Å². The molecule has 28 heavy (non-hydrogen) atoms. The Hall–Kier alpha value is -1.91. The molecule has 0 unspecified atom stereocenters. The summed E-state index contributed by atoms with van der Waals surface area (Å²) in [7, 11) is 0. The highest BCUT2D eigenvalue weighted by atomic mass is 16.2. The van der Waals surface area contributed by atoms with Crippen LogP contribution in [0.5, 0.6) is 0 Å². The van der Waals surface area contributed by atoms with Crippen molar-refractivity contribution in [2.75, 3.05) is 13.1 Å². The van der Waals surface area contributed by atoms with Crippen molar-refractivity contribution >= 4 is 11.8 Å². The average molecular weight is 384 g/mol. The fourth-order valence-corrected chi connectivity index (χ4v) is 5.64. The second-order valence-electron chi connectivity index (χ2n) is 9.43. The Morgan fingerprint density at radius 2 is 2.04 bits per heavy atom. The molecule has 2 bridgehead atoms. The molecule has 4 atom stereocenters. The molecule has 4 heterocycles. The molecule has 3 aliphatic rings. The molecule has 2 amide bonds. The van der Waals surface area contributed by atoms with Gasteiger partial charge in [0.25, 0.3) is 5.91 Å². The summed E-state index contributed by atoms with van der Waals surface area (Å²) in [5, 5.41) is 0. The largest absolute Gasteiger partial charge is 0.337 e. The number of carbonyl (C=O) groups is 2. The minimum atomic E-state index is 0.0524. The molecule has 5 heteroatoms. The van der Waals surface area contributed by atoms with Crippen LogP contribution in [-0.2, 0) is 4.79 Å².